The number of carbonyl (C=O) groups excluding carboxylic acids is 1. The van der Waals surface area contributed by atoms with Gasteiger partial charge in [0.05, 0.1) is 6.04 Å². The average molecular weight is 230 g/mol. The largest absolute Gasteiger partial charge is 0.327 e. The van der Waals surface area contributed by atoms with E-state index < -0.39 is 0 Å². The maximum absolute atomic E-state index is 11.6. The molecule has 3 heteroatoms. The summed E-state index contributed by atoms with van der Waals surface area (Å²) in [6.45, 7) is 6.27. The number of nitrogens with one attached hydrogen (secondary N) is 2. The first-order chi connectivity index (χ1) is 7.97. The van der Waals surface area contributed by atoms with Gasteiger partial charge in [0.2, 0.25) is 0 Å². The molecule has 1 heterocycles. The number of benzene rings is 1. The summed E-state index contributed by atoms with van der Waals surface area (Å²) in [7, 11) is 0. The van der Waals surface area contributed by atoms with Crippen LogP contribution in [-0.2, 0) is 0 Å². The molecular weight excluding hydrogens is 212 g/mol. The number of allylic oxidation sites excluding steroid dienone is 1. The van der Waals surface area contributed by atoms with Gasteiger partial charge in [-0.15, -0.1) is 0 Å². The lowest BCUT2D eigenvalue weighted by atomic mass is 9.89. The Labute approximate surface area is 102 Å². The molecule has 17 heavy (non-hydrogen) atoms. The molecule has 0 aliphatic carbocycles. The normalized spacial score (nSPS) is 20.3. The molecule has 1 atom stereocenters. The molecule has 1 aromatic carbocycles. The fourth-order valence-corrected chi connectivity index (χ4v) is 1.83. The fourth-order valence-electron chi connectivity index (χ4n) is 1.83. The summed E-state index contributed by atoms with van der Waals surface area (Å²) in [5.74, 6) is 0. The van der Waals surface area contributed by atoms with Crippen LogP contribution in [0.25, 0.3) is 0 Å². The van der Waals surface area contributed by atoms with E-state index in [4.69, 9.17) is 0 Å². The molecule has 0 unspecified atom stereocenters. The first-order valence-corrected chi connectivity index (χ1v) is 5.81. The van der Waals surface area contributed by atoms with Gasteiger partial charge in [0.25, 0.3) is 0 Å². The molecule has 2 amide bonds. The lowest BCUT2D eigenvalue weighted by Crippen LogP contribution is -2.44. The highest BCUT2D eigenvalue weighted by atomic mass is 16.2. The van der Waals surface area contributed by atoms with E-state index in [1.165, 1.54) is 0 Å². The van der Waals surface area contributed by atoms with Gasteiger partial charge in [0.15, 0.2) is 0 Å². The van der Waals surface area contributed by atoms with Gasteiger partial charge in [0.1, 0.15) is 0 Å². The first-order valence-electron chi connectivity index (χ1n) is 5.81. The van der Waals surface area contributed by atoms with E-state index in [0.717, 1.165) is 11.3 Å². The van der Waals surface area contributed by atoms with Crippen LogP contribution in [0.3, 0.4) is 0 Å². The Morgan fingerprint density at radius 3 is 2.35 bits per heavy atom. The summed E-state index contributed by atoms with van der Waals surface area (Å²) >= 11 is 0. The van der Waals surface area contributed by atoms with Crippen LogP contribution in [0.15, 0.2) is 42.1 Å². The van der Waals surface area contributed by atoms with Gasteiger partial charge in [0, 0.05) is 11.1 Å². The number of rotatable bonds is 1. The second kappa shape index (κ2) is 4.24. The smallest absolute Gasteiger partial charge is 0.319 e. The molecule has 0 fully saturated rings. The van der Waals surface area contributed by atoms with Crippen molar-refractivity contribution in [2.24, 2.45) is 5.41 Å². The molecule has 0 radical (unpaired) electrons. The van der Waals surface area contributed by atoms with Gasteiger partial charge < -0.3 is 10.6 Å². The molecule has 1 aromatic rings. The van der Waals surface area contributed by atoms with Crippen molar-refractivity contribution >= 4 is 6.03 Å². The molecule has 0 saturated heterocycles. The van der Waals surface area contributed by atoms with Crippen molar-refractivity contribution in [3.63, 3.8) is 0 Å². The number of hydrogen-bond acceptors (Lipinski definition) is 1. The van der Waals surface area contributed by atoms with E-state index in [-0.39, 0.29) is 17.5 Å². The zero-order valence-electron chi connectivity index (χ0n) is 10.4. The average Bonchev–Trinajstić information content (AvgIpc) is 2.28. The third kappa shape index (κ3) is 2.67. The maximum atomic E-state index is 11.6. The number of amides is 2. The van der Waals surface area contributed by atoms with Crippen molar-refractivity contribution in [2.75, 3.05) is 0 Å². The quantitative estimate of drug-likeness (QED) is 0.765. The lowest BCUT2D eigenvalue weighted by Gasteiger charge is -2.31. The lowest BCUT2D eigenvalue weighted by molar-refractivity contribution is 0.236. The summed E-state index contributed by atoms with van der Waals surface area (Å²) < 4.78 is 0. The van der Waals surface area contributed by atoms with Crippen molar-refractivity contribution < 1.29 is 4.79 Å². The Balaban J connectivity index is 2.33. The number of hydrogen-bond donors (Lipinski definition) is 2. The summed E-state index contributed by atoms with van der Waals surface area (Å²) in [6.07, 6.45) is 2.08. The molecule has 1 aliphatic rings. The minimum absolute atomic E-state index is 0.0424. The highest BCUT2D eigenvalue weighted by Gasteiger charge is 2.26. The summed E-state index contributed by atoms with van der Waals surface area (Å²) in [6, 6.07) is 9.80. The predicted octanol–water partition coefficient (Wildman–Crippen LogP) is 2.97. The second-order valence-corrected chi connectivity index (χ2v) is 5.32. The first kappa shape index (κ1) is 11.7. The van der Waals surface area contributed by atoms with Crippen LogP contribution in [0.1, 0.15) is 32.4 Å². The van der Waals surface area contributed by atoms with Crippen molar-refractivity contribution in [3.05, 3.63) is 47.7 Å². The van der Waals surface area contributed by atoms with Crippen molar-refractivity contribution in [1.82, 2.24) is 10.6 Å². The van der Waals surface area contributed by atoms with Crippen LogP contribution >= 0.6 is 0 Å². The van der Waals surface area contributed by atoms with Crippen LogP contribution < -0.4 is 10.6 Å². The minimum atomic E-state index is -0.133. The molecule has 1 aliphatic heterocycles. The maximum Gasteiger partial charge on any atom is 0.319 e. The predicted molar refractivity (Wildman–Crippen MR) is 68.4 cm³/mol. The molecule has 90 valence electrons. The van der Waals surface area contributed by atoms with Crippen LogP contribution in [-0.4, -0.2) is 6.03 Å². The van der Waals surface area contributed by atoms with Crippen LogP contribution in [0.2, 0.25) is 0 Å². The summed E-state index contributed by atoms with van der Waals surface area (Å²) in [4.78, 5) is 11.6. The summed E-state index contributed by atoms with van der Waals surface area (Å²) in [5.41, 5.74) is 2.02. The number of carbonyl (C=O) groups is 1. The standard InChI is InChI=1S/C14H18N2O/c1-14(2,3)12-9-11(15-13(17)16-12)10-7-5-4-6-8-10/h4-9,11H,1-3H3,(H2,15,16,17)/t11-/m0/s1. The van der Waals surface area contributed by atoms with E-state index in [2.05, 4.69) is 37.5 Å². The monoisotopic (exact) mass is 230 g/mol. The van der Waals surface area contributed by atoms with Gasteiger partial charge in [-0.1, -0.05) is 51.1 Å². The van der Waals surface area contributed by atoms with E-state index in [1.54, 1.807) is 0 Å². The fraction of sp³-hybridized carbons (Fsp3) is 0.357. The minimum Gasteiger partial charge on any atom is -0.327 e. The van der Waals surface area contributed by atoms with Gasteiger partial charge in [-0.05, 0) is 11.6 Å². The Hall–Kier alpha value is -1.77. The molecule has 2 N–H and O–H groups in total. The van der Waals surface area contributed by atoms with E-state index >= 15 is 0 Å². The number of urea groups is 1. The molecular formula is C14H18N2O. The highest BCUT2D eigenvalue weighted by molar-refractivity contribution is 5.78. The topological polar surface area (TPSA) is 41.1 Å². The van der Waals surface area contributed by atoms with Gasteiger partial charge in [-0.3, -0.25) is 0 Å². The van der Waals surface area contributed by atoms with E-state index in [1.807, 2.05) is 30.3 Å². The van der Waals surface area contributed by atoms with Crippen LogP contribution in [0.4, 0.5) is 4.79 Å². The molecule has 3 nitrogen and oxygen atoms in total. The Morgan fingerprint density at radius 2 is 1.76 bits per heavy atom. The van der Waals surface area contributed by atoms with Gasteiger partial charge >= 0.3 is 6.03 Å². The summed E-state index contributed by atoms with van der Waals surface area (Å²) in [5, 5.41) is 5.78. The van der Waals surface area contributed by atoms with E-state index in [0.29, 0.717) is 0 Å². The third-order valence-corrected chi connectivity index (χ3v) is 2.83. The molecule has 0 bridgehead atoms. The van der Waals surface area contributed by atoms with E-state index in [9.17, 15) is 4.79 Å². The zero-order valence-corrected chi connectivity index (χ0v) is 10.4. The molecule has 0 saturated carbocycles. The third-order valence-electron chi connectivity index (χ3n) is 2.83. The second-order valence-electron chi connectivity index (χ2n) is 5.32. The van der Waals surface area contributed by atoms with Crippen LogP contribution in [0.5, 0.6) is 0 Å². The zero-order chi connectivity index (χ0) is 12.5. The van der Waals surface area contributed by atoms with Crippen LogP contribution in [0, 0.1) is 5.41 Å². The van der Waals surface area contributed by atoms with Crippen molar-refractivity contribution in [3.8, 4) is 0 Å². The van der Waals surface area contributed by atoms with Crippen molar-refractivity contribution in [1.29, 1.82) is 0 Å². The Bertz CT molecular complexity index is 443. The van der Waals surface area contributed by atoms with Crippen molar-refractivity contribution in [2.45, 2.75) is 26.8 Å². The highest BCUT2D eigenvalue weighted by Crippen LogP contribution is 2.28. The Kier molecular flexibility index (Phi) is 2.92. The van der Waals surface area contributed by atoms with Gasteiger partial charge in [-0.2, -0.15) is 0 Å². The van der Waals surface area contributed by atoms with Gasteiger partial charge in [-0.25, -0.2) is 4.79 Å². The Morgan fingerprint density at radius 1 is 1.12 bits per heavy atom. The molecule has 2 rings (SSSR count). The SMILES string of the molecule is CC(C)(C)C1=C[C@@H](c2ccccc2)NC(=O)N1. The molecule has 0 aromatic heterocycles. The molecule has 0 spiro atoms.